The Balaban J connectivity index is 1.35. The van der Waals surface area contributed by atoms with Crippen LogP contribution in [0.1, 0.15) is 18.1 Å². The summed E-state index contributed by atoms with van der Waals surface area (Å²) in [5.74, 6) is 0.204. The first kappa shape index (κ1) is 20.8. The van der Waals surface area contributed by atoms with Gasteiger partial charge >= 0.3 is 5.97 Å². The quantitative estimate of drug-likeness (QED) is 0.243. The van der Waals surface area contributed by atoms with Gasteiger partial charge in [0.1, 0.15) is 5.82 Å². The number of carbonyl (C=O) groups is 1. The second-order valence-electron chi connectivity index (χ2n) is 6.87. The number of aryl methyl sites for hydroxylation is 1. The number of nitro benzene ring substituents is 1. The van der Waals surface area contributed by atoms with Crippen molar-refractivity contribution >= 4 is 22.6 Å². The summed E-state index contributed by atoms with van der Waals surface area (Å²) in [7, 11) is 1.61. The van der Waals surface area contributed by atoms with E-state index in [1.165, 1.54) is 28.8 Å². The number of nitrogens with zero attached hydrogens (tertiary/aromatic N) is 5. The van der Waals surface area contributed by atoms with Crippen molar-refractivity contribution in [1.82, 2.24) is 19.7 Å². The fraction of sp³-hybridized carbons (Fsp3) is 0.190. The Bertz CT molecular complexity index is 1360. The molecule has 11 heteroatoms. The highest BCUT2D eigenvalue weighted by atomic mass is 16.6. The van der Waals surface area contributed by atoms with Crippen LogP contribution in [0.3, 0.4) is 0 Å². The number of benzene rings is 2. The van der Waals surface area contributed by atoms with E-state index in [0.717, 1.165) is 0 Å². The molecule has 0 spiro atoms. The van der Waals surface area contributed by atoms with E-state index in [-0.39, 0.29) is 42.5 Å². The van der Waals surface area contributed by atoms with E-state index in [9.17, 15) is 19.7 Å². The maximum absolute atomic E-state index is 12.4. The van der Waals surface area contributed by atoms with Crippen molar-refractivity contribution in [3.63, 3.8) is 0 Å². The lowest BCUT2D eigenvalue weighted by Crippen LogP contribution is -2.23. The summed E-state index contributed by atoms with van der Waals surface area (Å²) in [5.41, 5.74) is 0.844. The first-order valence-corrected chi connectivity index (χ1v) is 9.60. The van der Waals surface area contributed by atoms with Crippen molar-refractivity contribution in [1.29, 1.82) is 0 Å². The maximum Gasteiger partial charge on any atom is 0.306 e. The van der Waals surface area contributed by atoms with Crippen LogP contribution < -0.4 is 5.56 Å². The number of hydrogen-bond acceptors (Lipinski definition) is 9. The maximum atomic E-state index is 12.4. The predicted octanol–water partition coefficient (Wildman–Crippen LogP) is 2.57. The van der Waals surface area contributed by atoms with Gasteiger partial charge in [0.15, 0.2) is 6.61 Å². The van der Waals surface area contributed by atoms with Gasteiger partial charge in [-0.1, -0.05) is 12.1 Å². The molecule has 0 bridgehead atoms. The average molecular weight is 435 g/mol. The minimum atomic E-state index is -0.512. The lowest BCUT2D eigenvalue weighted by atomic mass is 10.2. The molecule has 0 atom stereocenters. The molecule has 0 radical (unpaired) electrons. The number of aromatic nitrogens is 4. The van der Waals surface area contributed by atoms with Crippen molar-refractivity contribution in [2.24, 2.45) is 7.05 Å². The number of carbonyl (C=O) groups excluding carboxylic acids is 1. The third kappa shape index (κ3) is 4.36. The highest BCUT2D eigenvalue weighted by Gasteiger charge is 2.14. The minimum absolute atomic E-state index is 0.0158. The van der Waals surface area contributed by atoms with Crippen molar-refractivity contribution in [3.05, 3.63) is 80.7 Å². The Morgan fingerprint density at radius 3 is 2.66 bits per heavy atom. The molecule has 0 aliphatic carbocycles. The van der Waals surface area contributed by atoms with Crippen LogP contribution in [0.4, 0.5) is 5.69 Å². The summed E-state index contributed by atoms with van der Waals surface area (Å²) < 4.78 is 12.0. The van der Waals surface area contributed by atoms with E-state index in [4.69, 9.17) is 9.15 Å². The number of nitro groups is 1. The summed E-state index contributed by atoms with van der Waals surface area (Å²) in [6.45, 7) is -0.219. The summed E-state index contributed by atoms with van der Waals surface area (Å²) in [5, 5.41) is 18.9. The van der Waals surface area contributed by atoms with Crippen LogP contribution in [0.15, 0.2) is 57.7 Å². The first-order valence-electron chi connectivity index (χ1n) is 9.60. The van der Waals surface area contributed by atoms with Crippen LogP contribution in [-0.2, 0) is 29.6 Å². The molecule has 0 unspecified atom stereocenters. The third-order valence-corrected chi connectivity index (χ3v) is 4.78. The molecule has 32 heavy (non-hydrogen) atoms. The van der Waals surface area contributed by atoms with E-state index in [2.05, 4.69) is 15.2 Å². The minimum Gasteiger partial charge on any atom is -0.456 e. The molecule has 4 aromatic rings. The Morgan fingerprint density at radius 1 is 1.16 bits per heavy atom. The zero-order valence-corrected chi connectivity index (χ0v) is 16.9. The van der Waals surface area contributed by atoms with Gasteiger partial charge in [0.05, 0.1) is 22.2 Å². The Morgan fingerprint density at radius 2 is 1.91 bits per heavy atom. The molecular formula is C21H17N5O6. The van der Waals surface area contributed by atoms with Gasteiger partial charge in [0.25, 0.3) is 17.1 Å². The second kappa shape index (κ2) is 8.76. The molecule has 0 aliphatic heterocycles. The van der Waals surface area contributed by atoms with Gasteiger partial charge < -0.3 is 9.15 Å². The molecular weight excluding hydrogens is 418 g/mol. The zero-order valence-electron chi connectivity index (χ0n) is 16.9. The summed E-state index contributed by atoms with van der Waals surface area (Å²) in [6.07, 6.45) is 0.245. The fourth-order valence-electron chi connectivity index (χ4n) is 3.07. The number of fused-ring (bicyclic) bond motifs is 1. The first-order chi connectivity index (χ1) is 15.4. The molecule has 0 N–H and O–H groups in total. The third-order valence-electron chi connectivity index (χ3n) is 4.78. The fourth-order valence-corrected chi connectivity index (χ4v) is 3.07. The number of non-ortho nitro benzene ring substituents is 1. The SMILES string of the molecule is Cn1c(CCC(=O)OCc2nnc(-c3ccc([N+](=O)[O-])cc3)o2)nc2ccccc2c1=O. The molecule has 2 aromatic heterocycles. The topological polar surface area (TPSA) is 143 Å². The molecule has 2 aromatic carbocycles. The number of para-hydroxylation sites is 1. The second-order valence-corrected chi connectivity index (χ2v) is 6.87. The molecule has 11 nitrogen and oxygen atoms in total. The smallest absolute Gasteiger partial charge is 0.306 e. The van der Waals surface area contributed by atoms with Crippen LogP contribution in [-0.4, -0.2) is 30.6 Å². The Hall–Kier alpha value is -4.41. The van der Waals surface area contributed by atoms with Crippen molar-refractivity contribution in [3.8, 4) is 11.5 Å². The predicted molar refractivity (Wildman–Crippen MR) is 111 cm³/mol. The normalized spacial score (nSPS) is 10.9. The summed E-state index contributed by atoms with van der Waals surface area (Å²) in [4.78, 5) is 39.2. The molecule has 0 fully saturated rings. The molecule has 0 aliphatic rings. The molecule has 162 valence electrons. The number of esters is 1. The lowest BCUT2D eigenvalue weighted by molar-refractivity contribution is -0.384. The number of rotatable bonds is 7. The summed E-state index contributed by atoms with van der Waals surface area (Å²) in [6, 6.07) is 12.6. The van der Waals surface area contributed by atoms with Crippen LogP contribution in [0.2, 0.25) is 0 Å². The highest BCUT2D eigenvalue weighted by Crippen LogP contribution is 2.21. The van der Waals surface area contributed by atoms with Gasteiger partial charge in [-0.25, -0.2) is 4.98 Å². The number of hydrogen-bond donors (Lipinski definition) is 0. The zero-order chi connectivity index (χ0) is 22.7. The van der Waals surface area contributed by atoms with Crippen molar-refractivity contribution < 1.29 is 18.9 Å². The monoisotopic (exact) mass is 435 g/mol. The van der Waals surface area contributed by atoms with Gasteiger partial charge in [-0.3, -0.25) is 24.3 Å². The van der Waals surface area contributed by atoms with Gasteiger partial charge in [0.2, 0.25) is 5.89 Å². The largest absolute Gasteiger partial charge is 0.456 e. The van der Waals surface area contributed by atoms with Crippen LogP contribution in [0.5, 0.6) is 0 Å². The molecule has 2 heterocycles. The van der Waals surface area contributed by atoms with Gasteiger partial charge in [-0.05, 0) is 24.3 Å². The van der Waals surface area contributed by atoms with Crippen molar-refractivity contribution in [2.45, 2.75) is 19.4 Å². The Labute approximate surface area is 180 Å². The number of ether oxygens (including phenoxy) is 1. The molecule has 0 saturated heterocycles. The molecule has 0 amide bonds. The highest BCUT2D eigenvalue weighted by molar-refractivity contribution is 5.77. The van der Waals surface area contributed by atoms with E-state index in [0.29, 0.717) is 22.3 Å². The van der Waals surface area contributed by atoms with E-state index in [1.807, 2.05) is 0 Å². The standard InChI is InChI=1S/C21H17N5O6/c1-25-17(22-16-5-3-2-4-15(16)21(25)28)10-11-19(27)31-12-18-23-24-20(32-18)13-6-8-14(9-7-13)26(29)30/h2-9H,10-12H2,1H3. The van der Waals surface area contributed by atoms with Gasteiger partial charge in [-0.15, -0.1) is 10.2 Å². The lowest BCUT2D eigenvalue weighted by Gasteiger charge is -2.08. The van der Waals surface area contributed by atoms with Crippen molar-refractivity contribution in [2.75, 3.05) is 0 Å². The average Bonchev–Trinajstić information content (AvgIpc) is 3.28. The van der Waals surface area contributed by atoms with E-state index in [1.54, 1.807) is 31.3 Å². The van der Waals surface area contributed by atoms with Crippen LogP contribution >= 0.6 is 0 Å². The van der Waals surface area contributed by atoms with Crippen LogP contribution in [0, 0.1) is 10.1 Å². The van der Waals surface area contributed by atoms with Gasteiger partial charge in [0, 0.05) is 31.2 Å². The van der Waals surface area contributed by atoms with E-state index < -0.39 is 10.9 Å². The van der Waals surface area contributed by atoms with E-state index >= 15 is 0 Å². The molecule has 4 rings (SSSR count). The Kier molecular flexibility index (Phi) is 5.71. The molecule has 0 saturated carbocycles. The summed E-state index contributed by atoms with van der Waals surface area (Å²) >= 11 is 0. The van der Waals surface area contributed by atoms with Crippen LogP contribution in [0.25, 0.3) is 22.4 Å². The van der Waals surface area contributed by atoms with Gasteiger partial charge in [-0.2, -0.15) is 0 Å².